The highest BCUT2D eigenvalue weighted by Gasteiger charge is 2.26. The van der Waals surface area contributed by atoms with Gasteiger partial charge in [0.1, 0.15) is 5.82 Å². The summed E-state index contributed by atoms with van der Waals surface area (Å²) in [7, 11) is 0. The maximum absolute atomic E-state index is 13.3. The van der Waals surface area contributed by atoms with Gasteiger partial charge < -0.3 is 9.88 Å². The lowest BCUT2D eigenvalue weighted by Crippen LogP contribution is -2.37. The van der Waals surface area contributed by atoms with Crippen LogP contribution in [-0.4, -0.2) is 28.9 Å². The van der Waals surface area contributed by atoms with Crippen LogP contribution in [0.25, 0.3) is 10.9 Å². The van der Waals surface area contributed by atoms with Gasteiger partial charge in [0.05, 0.1) is 0 Å². The number of fused-ring (bicyclic) bond motifs is 1. The van der Waals surface area contributed by atoms with Crippen molar-refractivity contribution in [2.75, 3.05) is 13.1 Å². The SMILES string of the molecule is O=C(c1ccc(Cl)cc1)N1CCC(c2c[nH]c3cc(F)ccc23)CC1. The number of hydrogen-bond donors (Lipinski definition) is 1. The Balaban J connectivity index is 1.47. The number of halogens is 2. The van der Waals surface area contributed by atoms with Crippen molar-refractivity contribution in [3.05, 3.63) is 70.6 Å². The molecule has 1 N–H and O–H groups in total. The highest BCUT2D eigenvalue weighted by molar-refractivity contribution is 6.30. The average molecular weight is 357 g/mol. The van der Waals surface area contributed by atoms with E-state index in [1.807, 2.05) is 17.2 Å². The molecule has 0 radical (unpaired) electrons. The van der Waals surface area contributed by atoms with Gasteiger partial charge in [0.25, 0.3) is 5.91 Å². The third kappa shape index (κ3) is 3.14. The number of hydrogen-bond acceptors (Lipinski definition) is 1. The zero-order valence-corrected chi connectivity index (χ0v) is 14.4. The third-order valence-electron chi connectivity index (χ3n) is 4.99. The fourth-order valence-electron chi connectivity index (χ4n) is 3.63. The summed E-state index contributed by atoms with van der Waals surface area (Å²) >= 11 is 5.88. The topological polar surface area (TPSA) is 36.1 Å². The molecule has 4 rings (SSSR count). The average Bonchev–Trinajstić information content (AvgIpc) is 3.05. The summed E-state index contributed by atoms with van der Waals surface area (Å²) in [5, 5.41) is 1.70. The predicted octanol–water partition coefficient (Wildman–Crippen LogP) is 4.98. The predicted molar refractivity (Wildman–Crippen MR) is 97.6 cm³/mol. The Kier molecular flexibility index (Phi) is 4.22. The summed E-state index contributed by atoms with van der Waals surface area (Å²) in [5.74, 6) is 0.203. The first-order chi connectivity index (χ1) is 12.1. The largest absolute Gasteiger partial charge is 0.361 e. The second kappa shape index (κ2) is 6.52. The first-order valence-corrected chi connectivity index (χ1v) is 8.81. The standard InChI is InChI=1S/C20H18ClFN2O/c21-15-3-1-14(2-4-15)20(25)24-9-7-13(8-10-24)18-12-23-19-11-16(22)5-6-17(18)19/h1-6,11-13,23H,7-10H2. The Labute approximate surface area is 150 Å². The summed E-state index contributed by atoms with van der Waals surface area (Å²) < 4.78 is 13.3. The van der Waals surface area contributed by atoms with Gasteiger partial charge in [-0.25, -0.2) is 4.39 Å². The van der Waals surface area contributed by atoms with E-state index in [4.69, 9.17) is 11.6 Å². The molecule has 2 heterocycles. The molecule has 3 nitrogen and oxygen atoms in total. The van der Waals surface area contributed by atoms with E-state index in [1.165, 1.54) is 17.7 Å². The van der Waals surface area contributed by atoms with Crippen molar-refractivity contribution in [1.29, 1.82) is 0 Å². The number of piperidine rings is 1. The molecule has 0 spiro atoms. The number of nitrogens with one attached hydrogen (secondary N) is 1. The molecular formula is C20H18ClFN2O. The number of likely N-dealkylation sites (tertiary alicyclic amines) is 1. The highest BCUT2D eigenvalue weighted by Crippen LogP contribution is 2.33. The zero-order chi connectivity index (χ0) is 17.4. The second-order valence-electron chi connectivity index (χ2n) is 6.51. The van der Waals surface area contributed by atoms with Crippen molar-refractivity contribution < 1.29 is 9.18 Å². The van der Waals surface area contributed by atoms with E-state index in [1.54, 1.807) is 24.3 Å². The van der Waals surface area contributed by atoms with Gasteiger partial charge in [-0.2, -0.15) is 0 Å². The number of nitrogens with zero attached hydrogens (tertiary/aromatic N) is 1. The molecule has 5 heteroatoms. The number of H-pyrrole nitrogens is 1. The van der Waals surface area contributed by atoms with Crippen LogP contribution in [0.5, 0.6) is 0 Å². The van der Waals surface area contributed by atoms with Crippen molar-refractivity contribution >= 4 is 28.4 Å². The Hall–Kier alpha value is -2.33. The van der Waals surface area contributed by atoms with E-state index in [0.29, 0.717) is 16.5 Å². The van der Waals surface area contributed by atoms with E-state index >= 15 is 0 Å². The van der Waals surface area contributed by atoms with Gasteiger partial charge in [-0.15, -0.1) is 0 Å². The molecule has 2 aromatic carbocycles. The monoisotopic (exact) mass is 356 g/mol. The maximum Gasteiger partial charge on any atom is 0.253 e. The van der Waals surface area contributed by atoms with Crippen molar-refractivity contribution in [1.82, 2.24) is 9.88 Å². The number of amides is 1. The van der Waals surface area contributed by atoms with Crippen LogP contribution in [0.3, 0.4) is 0 Å². The summed E-state index contributed by atoms with van der Waals surface area (Å²) in [4.78, 5) is 17.6. The zero-order valence-electron chi connectivity index (χ0n) is 13.6. The van der Waals surface area contributed by atoms with Crippen molar-refractivity contribution in [3.63, 3.8) is 0 Å². The number of aromatic amines is 1. The molecule has 1 amide bonds. The molecule has 0 bridgehead atoms. The van der Waals surface area contributed by atoms with Gasteiger partial charge in [-0.05, 0) is 66.8 Å². The Bertz CT molecular complexity index is 911. The molecule has 1 aliphatic heterocycles. The molecule has 1 fully saturated rings. The normalized spacial score (nSPS) is 15.7. The van der Waals surface area contributed by atoms with Crippen LogP contribution in [0.1, 0.15) is 34.7 Å². The molecule has 1 aromatic heterocycles. The number of rotatable bonds is 2. The first kappa shape index (κ1) is 16.2. The van der Waals surface area contributed by atoms with E-state index < -0.39 is 0 Å². The van der Waals surface area contributed by atoms with Gasteiger partial charge in [-0.1, -0.05) is 11.6 Å². The van der Waals surface area contributed by atoms with Crippen molar-refractivity contribution in [2.45, 2.75) is 18.8 Å². The van der Waals surface area contributed by atoms with Crippen molar-refractivity contribution in [3.8, 4) is 0 Å². The van der Waals surface area contributed by atoms with Crippen LogP contribution in [0.15, 0.2) is 48.7 Å². The molecule has 1 aliphatic rings. The number of carbonyl (C=O) groups is 1. The fourth-order valence-corrected chi connectivity index (χ4v) is 3.75. The first-order valence-electron chi connectivity index (χ1n) is 8.43. The quantitative estimate of drug-likeness (QED) is 0.690. The summed E-state index contributed by atoms with van der Waals surface area (Å²) in [5.41, 5.74) is 2.72. The minimum absolute atomic E-state index is 0.0520. The molecule has 1 saturated heterocycles. The van der Waals surface area contributed by atoms with Gasteiger partial charge in [-0.3, -0.25) is 4.79 Å². The molecule has 128 valence electrons. The lowest BCUT2D eigenvalue weighted by Gasteiger charge is -2.32. The fraction of sp³-hybridized carbons (Fsp3) is 0.250. The molecular weight excluding hydrogens is 339 g/mol. The van der Waals surface area contributed by atoms with Gasteiger partial charge >= 0.3 is 0 Å². The maximum atomic E-state index is 13.3. The van der Waals surface area contributed by atoms with E-state index in [-0.39, 0.29) is 11.7 Å². The Morgan fingerprint density at radius 3 is 2.56 bits per heavy atom. The van der Waals surface area contributed by atoms with E-state index in [0.717, 1.165) is 36.8 Å². The Morgan fingerprint density at radius 1 is 1.12 bits per heavy atom. The van der Waals surface area contributed by atoms with Crippen LogP contribution in [0.2, 0.25) is 5.02 Å². The van der Waals surface area contributed by atoms with Gasteiger partial charge in [0.15, 0.2) is 0 Å². The lowest BCUT2D eigenvalue weighted by molar-refractivity contribution is 0.0713. The van der Waals surface area contributed by atoms with Gasteiger partial charge in [0.2, 0.25) is 0 Å². The molecule has 3 aromatic rings. The summed E-state index contributed by atoms with van der Waals surface area (Å²) in [6.07, 6.45) is 3.79. The summed E-state index contributed by atoms with van der Waals surface area (Å²) in [6, 6.07) is 11.9. The molecule has 25 heavy (non-hydrogen) atoms. The highest BCUT2D eigenvalue weighted by atomic mass is 35.5. The van der Waals surface area contributed by atoms with E-state index in [9.17, 15) is 9.18 Å². The molecule has 0 atom stereocenters. The van der Waals surface area contributed by atoms with Crippen LogP contribution in [-0.2, 0) is 0 Å². The minimum Gasteiger partial charge on any atom is -0.361 e. The van der Waals surface area contributed by atoms with Crippen molar-refractivity contribution in [2.24, 2.45) is 0 Å². The second-order valence-corrected chi connectivity index (χ2v) is 6.94. The van der Waals surface area contributed by atoms with Crippen LogP contribution in [0.4, 0.5) is 4.39 Å². The molecule has 0 unspecified atom stereocenters. The summed E-state index contributed by atoms with van der Waals surface area (Å²) in [6.45, 7) is 1.44. The molecule has 0 aliphatic carbocycles. The number of benzene rings is 2. The number of carbonyl (C=O) groups excluding carboxylic acids is 1. The minimum atomic E-state index is -0.232. The Morgan fingerprint density at radius 2 is 1.84 bits per heavy atom. The van der Waals surface area contributed by atoms with E-state index in [2.05, 4.69) is 4.98 Å². The third-order valence-corrected chi connectivity index (χ3v) is 5.24. The van der Waals surface area contributed by atoms with Crippen LogP contribution in [0, 0.1) is 5.82 Å². The lowest BCUT2D eigenvalue weighted by atomic mass is 9.89. The number of aromatic nitrogens is 1. The van der Waals surface area contributed by atoms with Crippen LogP contribution >= 0.6 is 11.6 Å². The van der Waals surface area contributed by atoms with Gasteiger partial charge in [0, 0.05) is 40.8 Å². The van der Waals surface area contributed by atoms with Crippen LogP contribution < -0.4 is 0 Å². The molecule has 0 saturated carbocycles. The smallest absolute Gasteiger partial charge is 0.253 e.